The van der Waals surface area contributed by atoms with Crippen molar-refractivity contribution in [3.05, 3.63) is 18.2 Å². The van der Waals surface area contributed by atoms with Crippen molar-refractivity contribution in [2.24, 2.45) is 0 Å². The van der Waals surface area contributed by atoms with Gasteiger partial charge in [0.15, 0.2) is 0 Å². The maximum atomic E-state index is 13.2. The van der Waals surface area contributed by atoms with Gasteiger partial charge in [0.2, 0.25) is 0 Å². The number of rotatable bonds is 4. The minimum Gasteiger partial charge on any atom is -0.495 e. The van der Waals surface area contributed by atoms with E-state index in [1.54, 1.807) is 19.2 Å². The highest BCUT2D eigenvalue weighted by Crippen LogP contribution is 2.50. The molecule has 1 saturated heterocycles. The summed E-state index contributed by atoms with van der Waals surface area (Å²) in [6.07, 6.45) is 1.93. The van der Waals surface area contributed by atoms with Gasteiger partial charge in [-0.3, -0.25) is 0 Å². The molecule has 1 aliphatic heterocycles. The Labute approximate surface area is 137 Å². The molecular weight excluding hydrogens is 315 g/mol. The minimum atomic E-state index is -2.46. The summed E-state index contributed by atoms with van der Waals surface area (Å²) < 4.78 is 23.5. The first-order valence-electron chi connectivity index (χ1n) is 7.83. The van der Waals surface area contributed by atoms with E-state index in [4.69, 9.17) is 15.2 Å². The van der Waals surface area contributed by atoms with Crippen LogP contribution < -0.4 is 21.1 Å². The second-order valence-electron chi connectivity index (χ2n) is 6.14. The summed E-state index contributed by atoms with van der Waals surface area (Å²) in [6.45, 7) is 3.62. The van der Waals surface area contributed by atoms with Gasteiger partial charge in [-0.2, -0.15) is 0 Å². The summed E-state index contributed by atoms with van der Waals surface area (Å²) >= 11 is 0. The molecule has 0 aliphatic carbocycles. The molecule has 0 saturated carbocycles. The van der Waals surface area contributed by atoms with Crippen LogP contribution in [0.2, 0.25) is 0 Å². The smallest absolute Gasteiger partial charge is 0.407 e. The first-order valence-corrected chi connectivity index (χ1v) is 9.91. The fourth-order valence-corrected chi connectivity index (χ4v) is 5.65. The summed E-state index contributed by atoms with van der Waals surface area (Å²) in [5.74, 6) is 0.554. The van der Waals surface area contributed by atoms with Crippen LogP contribution in [0.25, 0.3) is 0 Å². The van der Waals surface area contributed by atoms with Gasteiger partial charge in [0.1, 0.15) is 12.9 Å². The first kappa shape index (κ1) is 17.7. The number of nitrogen functional groups attached to an aromatic ring is 1. The van der Waals surface area contributed by atoms with Crippen LogP contribution >= 0.6 is 7.14 Å². The molecule has 1 aromatic carbocycles. The van der Waals surface area contributed by atoms with Gasteiger partial charge in [0.05, 0.1) is 18.9 Å². The molecule has 6 nitrogen and oxygen atoms in total. The molecule has 2 rings (SSSR count). The number of alkyl carbamates (subject to hydrolysis) is 1. The van der Waals surface area contributed by atoms with Crippen molar-refractivity contribution < 1.29 is 18.8 Å². The Kier molecular flexibility index (Phi) is 5.58. The molecule has 0 bridgehead atoms. The van der Waals surface area contributed by atoms with E-state index in [0.29, 0.717) is 36.6 Å². The summed E-state index contributed by atoms with van der Waals surface area (Å²) in [7, 11) is -0.914. The summed E-state index contributed by atoms with van der Waals surface area (Å²) in [6, 6.07) is 5.34. The summed E-state index contributed by atoms with van der Waals surface area (Å²) in [5, 5.41) is 3.64. The highest BCUT2D eigenvalue weighted by atomic mass is 31.2. The zero-order chi connectivity index (χ0) is 17.0. The first-order chi connectivity index (χ1) is 10.8. The fraction of sp³-hybridized carbons (Fsp3) is 0.562. The van der Waals surface area contributed by atoms with Crippen molar-refractivity contribution in [2.75, 3.05) is 25.2 Å². The Morgan fingerprint density at radius 3 is 2.57 bits per heavy atom. The molecule has 7 heteroatoms. The monoisotopic (exact) mass is 340 g/mol. The Balaban J connectivity index is 2.00. The van der Waals surface area contributed by atoms with Gasteiger partial charge in [-0.05, 0) is 44.9 Å². The predicted octanol–water partition coefficient (Wildman–Crippen LogP) is 2.56. The number of hydrogen-bond donors (Lipinski definition) is 2. The maximum absolute atomic E-state index is 13.2. The van der Waals surface area contributed by atoms with Crippen LogP contribution in [0.4, 0.5) is 10.5 Å². The molecule has 0 radical (unpaired) electrons. The molecule has 23 heavy (non-hydrogen) atoms. The molecule has 0 spiro atoms. The second-order valence-corrected chi connectivity index (χ2v) is 9.32. The van der Waals surface area contributed by atoms with Crippen molar-refractivity contribution in [3.63, 3.8) is 0 Å². The van der Waals surface area contributed by atoms with Gasteiger partial charge in [-0.25, -0.2) is 4.79 Å². The standard InChI is InChI=1S/C16H25N2O4P/c1-11(2)22-16(19)18-12-6-8-23(20,9-7-12)13-4-5-14(17)15(10-13)21-3/h4-5,10-12H,6-9,17H2,1-3H3,(H,18,19). The third-order valence-corrected chi connectivity index (χ3v) is 7.21. The van der Waals surface area contributed by atoms with Crippen molar-refractivity contribution in [1.82, 2.24) is 5.32 Å². The van der Waals surface area contributed by atoms with Gasteiger partial charge in [-0.1, -0.05) is 0 Å². The van der Waals surface area contributed by atoms with E-state index >= 15 is 0 Å². The van der Waals surface area contributed by atoms with Crippen molar-refractivity contribution >= 4 is 24.2 Å². The van der Waals surface area contributed by atoms with Gasteiger partial charge >= 0.3 is 6.09 Å². The molecule has 1 fully saturated rings. The number of benzene rings is 1. The number of nitrogens with two attached hydrogens (primary N) is 1. The van der Waals surface area contributed by atoms with Crippen LogP contribution in [0.1, 0.15) is 26.7 Å². The number of anilines is 1. The quantitative estimate of drug-likeness (QED) is 0.649. The van der Waals surface area contributed by atoms with E-state index < -0.39 is 13.2 Å². The van der Waals surface area contributed by atoms with Crippen LogP contribution in [0.3, 0.4) is 0 Å². The molecule has 0 unspecified atom stereocenters. The molecule has 1 heterocycles. The average molecular weight is 340 g/mol. The Morgan fingerprint density at radius 2 is 2.00 bits per heavy atom. The third kappa shape index (κ3) is 4.41. The Bertz CT molecular complexity index is 606. The minimum absolute atomic E-state index is 0.0130. The van der Waals surface area contributed by atoms with Gasteiger partial charge in [0, 0.05) is 23.7 Å². The number of carbonyl (C=O) groups is 1. The van der Waals surface area contributed by atoms with Crippen molar-refractivity contribution in [3.8, 4) is 5.75 Å². The lowest BCUT2D eigenvalue weighted by Gasteiger charge is -2.30. The van der Waals surface area contributed by atoms with Crippen LogP contribution in [0, 0.1) is 0 Å². The zero-order valence-electron chi connectivity index (χ0n) is 13.9. The largest absolute Gasteiger partial charge is 0.495 e. The predicted molar refractivity (Wildman–Crippen MR) is 92.2 cm³/mol. The molecule has 1 aromatic rings. The summed E-state index contributed by atoms with van der Waals surface area (Å²) in [4.78, 5) is 11.6. The van der Waals surface area contributed by atoms with Crippen LogP contribution in [-0.4, -0.2) is 37.7 Å². The molecular formula is C16H25N2O4P. The number of nitrogens with one attached hydrogen (secondary N) is 1. The number of amides is 1. The molecule has 0 aromatic heterocycles. The number of hydrogen-bond acceptors (Lipinski definition) is 5. The lowest BCUT2D eigenvalue weighted by atomic mass is 10.2. The number of carbonyl (C=O) groups excluding carboxylic acids is 1. The molecule has 1 aliphatic rings. The lowest BCUT2D eigenvalue weighted by molar-refractivity contribution is 0.111. The third-order valence-electron chi connectivity index (χ3n) is 4.03. The van der Waals surface area contributed by atoms with Crippen molar-refractivity contribution in [2.45, 2.75) is 38.8 Å². The van der Waals surface area contributed by atoms with Gasteiger partial charge in [-0.15, -0.1) is 0 Å². The summed E-state index contributed by atoms with van der Waals surface area (Å²) in [5.41, 5.74) is 6.35. The molecule has 1 amide bonds. The lowest BCUT2D eigenvalue weighted by Crippen LogP contribution is -2.40. The fourth-order valence-electron chi connectivity index (χ4n) is 2.76. The molecule has 0 atom stereocenters. The van der Waals surface area contributed by atoms with E-state index in [1.165, 1.54) is 0 Å². The molecule has 128 valence electrons. The van der Waals surface area contributed by atoms with E-state index in [1.807, 2.05) is 19.9 Å². The van der Waals surface area contributed by atoms with Crippen LogP contribution in [0.15, 0.2) is 18.2 Å². The normalized spacial score (nSPS) is 24.3. The van der Waals surface area contributed by atoms with Crippen LogP contribution in [0.5, 0.6) is 5.75 Å². The highest BCUT2D eigenvalue weighted by molar-refractivity contribution is 7.71. The maximum Gasteiger partial charge on any atom is 0.407 e. The molecule has 3 N–H and O–H groups in total. The highest BCUT2D eigenvalue weighted by Gasteiger charge is 2.32. The topological polar surface area (TPSA) is 90.6 Å². The second kappa shape index (κ2) is 7.26. The van der Waals surface area contributed by atoms with Crippen LogP contribution in [-0.2, 0) is 9.30 Å². The van der Waals surface area contributed by atoms with Crippen molar-refractivity contribution in [1.29, 1.82) is 0 Å². The van der Waals surface area contributed by atoms with E-state index in [9.17, 15) is 9.36 Å². The zero-order valence-corrected chi connectivity index (χ0v) is 14.8. The SMILES string of the molecule is COc1cc(P2(=O)CCC(NC(=O)OC(C)C)CC2)ccc1N. The number of ether oxygens (including phenoxy) is 2. The van der Waals surface area contributed by atoms with Gasteiger partial charge < -0.3 is 25.1 Å². The average Bonchev–Trinajstić information content (AvgIpc) is 2.49. The number of methoxy groups -OCH3 is 1. The van der Waals surface area contributed by atoms with E-state index in [0.717, 1.165) is 5.30 Å². The van der Waals surface area contributed by atoms with Gasteiger partial charge in [0.25, 0.3) is 0 Å². The Morgan fingerprint density at radius 1 is 1.35 bits per heavy atom. The Hall–Kier alpha value is -1.68. The van der Waals surface area contributed by atoms with E-state index in [-0.39, 0.29) is 12.1 Å². The van der Waals surface area contributed by atoms with E-state index in [2.05, 4.69) is 5.32 Å².